The Bertz CT molecular complexity index is 192. The van der Waals surface area contributed by atoms with Crippen LogP contribution in [-0.2, 0) is 11.0 Å². The summed E-state index contributed by atoms with van der Waals surface area (Å²) >= 11 is 0. The highest BCUT2D eigenvalue weighted by molar-refractivity contribution is 7.83. The van der Waals surface area contributed by atoms with Gasteiger partial charge in [0.25, 0.3) is 0 Å². The van der Waals surface area contributed by atoms with Gasteiger partial charge in [0.15, 0.2) is 0 Å². The first-order chi connectivity index (χ1) is 4.50. The zero-order valence-electron chi connectivity index (χ0n) is 6.47. The van der Waals surface area contributed by atoms with E-state index >= 15 is 0 Å². The third-order valence-corrected chi connectivity index (χ3v) is 2.05. The summed E-state index contributed by atoms with van der Waals surface area (Å²) in [5.74, 6) is 1.26. The summed E-state index contributed by atoms with van der Waals surface area (Å²) in [7, 11) is -0.953. The van der Waals surface area contributed by atoms with Gasteiger partial charge in [0.1, 0.15) is 22.7 Å². The first kappa shape index (κ1) is 7.72. The summed E-state index contributed by atoms with van der Waals surface area (Å²) in [4.78, 5) is 4.09. The number of rotatable bonds is 0. The molecule has 1 rings (SSSR count). The summed E-state index contributed by atoms with van der Waals surface area (Å²) in [6, 6.07) is 0. The molecule has 3 nitrogen and oxygen atoms in total. The Morgan fingerprint density at radius 3 is 2.40 bits per heavy atom. The van der Waals surface area contributed by atoms with Gasteiger partial charge in [-0.3, -0.25) is 9.71 Å². The molecule has 10 heavy (non-hydrogen) atoms. The minimum atomic E-state index is -0.953. The van der Waals surface area contributed by atoms with E-state index in [1.807, 2.05) is 20.8 Å². The van der Waals surface area contributed by atoms with Crippen LogP contribution in [0.15, 0.2) is 4.99 Å². The number of aliphatic imine (C=N–C) groups is 1. The van der Waals surface area contributed by atoms with E-state index in [9.17, 15) is 4.21 Å². The van der Waals surface area contributed by atoms with Gasteiger partial charge in [-0.15, -0.1) is 0 Å². The molecule has 0 bridgehead atoms. The van der Waals surface area contributed by atoms with Crippen LogP contribution in [0.1, 0.15) is 20.8 Å². The molecule has 58 valence electrons. The Labute approximate surface area is 63.5 Å². The fraction of sp³-hybridized carbons (Fsp3) is 0.833. The fourth-order valence-corrected chi connectivity index (χ4v) is 1.58. The highest BCUT2D eigenvalue weighted by Crippen LogP contribution is 2.16. The predicted octanol–water partition coefficient (Wildman–Crippen LogP) is 0.655. The summed E-state index contributed by atoms with van der Waals surface area (Å²) in [5, 5.41) is 0. The minimum Gasteiger partial charge on any atom is -0.291 e. The fourth-order valence-electron chi connectivity index (χ4n) is 0.686. The Morgan fingerprint density at radius 2 is 2.20 bits per heavy atom. The summed E-state index contributed by atoms with van der Waals surface area (Å²) in [6.07, 6.45) is 0. The summed E-state index contributed by atoms with van der Waals surface area (Å²) < 4.78 is 13.6. The number of nitrogens with one attached hydrogen (secondary N) is 1. The Balaban J connectivity index is 2.69. The molecule has 1 atom stereocenters. The molecule has 1 aliphatic rings. The van der Waals surface area contributed by atoms with E-state index in [-0.39, 0.29) is 5.41 Å². The highest BCUT2D eigenvalue weighted by atomic mass is 32.2. The normalized spacial score (nSPS) is 25.9. The van der Waals surface area contributed by atoms with Crippen LogP contribution in [0.3, 0.4) is 0 Å². The number of hydrogen-bond donors (Lipinski definition) is 1. The van der Waals surface area contributed by atoms with Crippen molar-refractivity contribution in [1.29, 1.82) is 0 Å². The van der Waals surface area contributed by atoms with Crippen LogP contribution in [0.4, 0.5) is 0 Å². The molecule has 1 unspecified atom stereocenters. The average Bonchev–Trinajstić information content (AvgIpc) is 2.11. The van der Waals surface area contributed by atoms with E-state index in [0.29, 0.717) is 5.88 Å². The zero-order chi connectivity index (χ0) is 7.78. The number of amidine groups is 1. The molecule has 0 aromatic rings. The van der Waals surface area contributed by atoms with Crippen molar-refractivity contribution < 1.29 is 4.21 Å². The van der Waals surface area contributed by atoms with E-state index in [4.69, 9.17) is 0 Å². The van der Waals surface area contributed by atoms with Crippen LogP contribution in [0.2, 0.25) is 0 Å². The standard InChI is InChI=1S/C6H12N2OS/c1-6(2,3)5-7-4-10(9)8-5/h4H2,1-3H3,(H,7,8). The predicted molar refractivity (Wildman–Crippen MR) is 43.0 cm³/mol. The first-order valence-electron chi connectivity index (χ1n) is 3.20. The quantitative estimate of drug-likeness (QED) is 0.555. The minimum absolute atomic E-state index is 0.00611. The largest absolute Gasteiger partial charge is 0.291 e. The molecule has 4 heteroatoms. The van der Waals surface area contributed by atoms with E-state index in [1.54, 1.807) is 0 Å². The van der Waals surface area contributed by atoms with Gasteiger partial charge in [-0.1, -0.05) is 20.8 Å². The molecule has 0 fully saturated rings. The second-order valence-corrected chi connectivity index (χ2v) is 4.49. The molecule has 0 aromatic carbocycles. The lowest BCUT2D eigenvalue weighted by Gasteiger charge is -2.17. The van der Waals surface area contributed by atoms with Gasteiger partial charge in [-0.05, 0) is 0 Å². The third-order valence-electron chi connectivity index (χ3n) is 1.26. The van der Waals surface area contributed by atoms with Crippen molar-refractivity contribution in [3.05, 3.63) is 0 Å². The lowest BCUT2D eigenvalue weighted by molar-refractivity contribution is 0.580. The van der Waals surface area contributed by atoms with E-state index in [0.717, 1.165) is 5.84 Å². The van der Waals surface area contributed by atoms with Crippen LogP contribution < -0.4 is 4.72 Å². The van der Waals surface area contributed by atoms with Crippen molar-refractivity contribution in [1.82, 2.24) is 4.72 Å². The summed E-state index contributed by atoms with van der Waals surface area (Å²) in [6.45, 7) is 6.13. The maximum absolute atomic E-state index is 10.8. The third kappa shape index (κ3) is 1.56. The van der Waals surface area contributed by atoms with Crippen LogP contribution in [0.25, 0.3) is 0 Å². The average molecular weight is 160 g/mol. The van der Waals surface area contributed by atoms with Gasteiger partial charge in [0.05, 0.1) is 0 Å². The van der Waals surface area contributed by atoms with Crippen molar-refractivity contribution in [2.45, 2.75) is 20.8 Å². The second kappa shape index (κ2) is 2.34. The van der Waals surface area contributed by atoms with Gasteiger partial charge in [-0.25, -0.2) is 4.21 Å². The van der Waals surface area contributed by atoms with Crippen LogP contribution in [0.5, 0.6) is 0 Å². The first-order valence-corrected chi connectivity index (χ1v) is 4.52. The lowest BCUT2D eigenvalue weighted by Crippen LogP contribution is -2.31. The van der Waals surface area contributed by atoms with Gasteiger partial charge in [-0.2, -0.15) is 0 Å². The summed E-state index contributed by atoms with van der Waals surface area (Å²) in [5.41, 5.74) is 0.00611. The topological polar surface area (TPSA) is 41.5 Å². The van der Waals surface area contributed by atoms with Gasteiger partial charge >= 0.3 is 0 Å². The lowest BCUT2D eigenvalue weighted by atomic mass is 9.96. The van der Waals surface area contributed by atoms with Crippen molar-refractivity contribution in [3.8, 4) is 0 Å². The van der Waals surface area contributed by atoms with Crippen molar-refractivity contribution in [2.24, 2.45) is 10.4 Å². The van der Waals surface area contributed by atoms with Crippen molar-refractivity contribution >= 4 is 16.8 Å². The van der Waals surface area contributed by atoms with Gasteiger partial charge < -0.3 is 0 Å². The van der Waals surface area contributed by atoms with E-state index in [2.05, 4.69) is 9.71 Å². The van der Waals surface area contributed by atoms with Crippen molar-refractivity contribution in [2.75, 3.05) is 5.88 Å². The molecule has 0 saturated heterocycles. The van der Waals surface area contributed by atoms with E-state index in [1.165, 1.54) is 0 Å². The molecule has 0 amide bonds. The molecule has 1 N–H and O–H groups in total. The van der Waals surface area contributed by atoms with Crippen LogP contribution in [0, 0.1) is 5.41 Å². The van der Waals surface area contributed by atoms with E-state index < -0.39 is 11.0 Å². The van der Waals surface area contributed by atoms with Gasteiger partial charge in [0, 0.05) is 5.41 Å². The smallest absolute Gasteiger partial charge is 0.140 e. The molecule has 0 radical (unpaired) electrons. The second-order valence-electron chi connectivity index (χ2n) is 3.33. The molecular formula is C6H12N2OS. The Kier molecular flexibility index (Phi) is 1.81. The maximum Gasteiger partial charge on any atom is 0.140 e. The van der Waals surface area contributed by atoms with Gasteiger partial charge in [0.2, 0.25) is 0 Å². The van der Waals surface area contributed by atoms with Crippen LogP contribution in [-0.4, -0.2) is 15.9 Å². The Morgan fingerprint density at radius 1 is 1.60 bits per heavy atom. The molecule has 0 spiro atoms. The maximum atomic E-state index is 10.8. The number of hydrogen-bond acceptors (Lipinski definition) is 2. The molecule has 0 aromatic heterocycles. The zero-order valence-corrected chi connectivity index (χ0v) is 7.29. The Hall–Kier alpha value is -0.380. The number of nitrogens with zero attached hydrogens (tertiary/aromatic N) is 1. The van der Waals surface area contributed by atoms with Crippen LogP contribution >= 0.6 is 0 Å². The SMILES string of the molecule is CC(C)(C)C1=NCS(=O)N1. The highest BCUT2D eigenvalue weighted by Gasteiger charge is 2.24. The molecular weight excluding hydrogens is 148 g/mol. The molecule has 1 aliphatic heterocycles. The monoisotopic (exact) mass is 160 g/mol. The molecule has 1 heterocycles. The molecule has 0 aliphatic carbocycles. The molecule has 0 saturated carbocycles. The van der Waals surface area contributed by atoms with Crippen molar-refractivity contribution in [3.63, 3.8) is 0 Å².